The molecule has 4 nitrogen and oxygen atoms in total. The highest BCUT2D eigenvalue weighted by Crippen LogP contribution is 2.10. The molecule has 0 spiro atoms. The molecule has 0 unspecified atom stereocenters. The molecule has 1 heterocycles. The predicted octanol–water partition coefficient (Wildman–Crippen LogP) is 1.85. The molecule has 0 aliphatic carbocycles. The lowest BCUT2D eigenvalue weighted by Crippen LogP contribution is -2.38. The minimum absolute atomic E-state index is 0.0645. The monoisotopic (exact) mass is 255 g/mol. The number of thiazole rings is 1. The van der Waals surface area contributed by atoms with Crippen molar-refractivity contribution < 1.29 is 4.79 Å². The molecule has 17 heavy (non-hydrogen) atoms. The van der Waals surface area contributed by atoms with Gasteiger partial charge in [-0.15, -0.1) is 11.3 Å². The smallest absolute Gasteiger partial charge is 0.221 e. The van der Waals surface area contributed by atoms with Crippen molar-refractivity contribution >= 4 is 17.2 Å². The fourth-order valence-corrected chi connectivity index (χ4v) is 2.05. The van der Waals surface area contributed by atoms with Gasteiger partial charge in [0.25, 0.3) is 0 Å². The number of amides is 1. The molecule has 0 bridgehead atoms. The van der Waals surface area contributed by atoms with E-state index in [1.54, 1.807) is 11.3 Å². The zero-order chi connectivity index (χ0) is 12.9. The predicted molar refractivity (Wildman–Crippen MR) is 71.1 cm³/mol. The molecule has 0 fully saturated rings. The summed E-state index contributed by atoms with van der Waals surface area (Å²) in [6.45, 7) is 9.52. The number of carbonyl (C=O) groups excluding carboxylic acids is 1. The summed E-state index contributed by atoms with van der Waals surface area (Å²) in [5, 5.41) is 7.21. The molecule has 1 aromatic heterocycles. The van der Waals surface area contributed by atoms with Gasteiger partial charge in [-0.25, -0.2) is 4.98 Å². The molecule has 0 aliphatic heterocycles. The number of rotatable bonds is 5. The van der Waals surface area contributed by atoms with E-state index in [-0.39, 0.29) is 11.4 Å². The lowest BCUT2D eigenvalue weighted by atomic mass is 10.1. The van der Waals surface area contributed by atoms with Crippen LogP contribution < -0.4 is 10.6 Å². The number of hydrogen-bond acceptors (Lipinski definition) is 4. The summed E-state index contributed by atoms with van der Waals surface area (Å²) in [5.74, 6) is 0.0767. The number of nitrogens with one attached hydrogen (secondary N) is 2. The van der Waals surface area contributed by atoms with Crippen LogP contribution in [0.2, 0.25) is 0 Å². The second-order valence-electron chi connectivity index (χ2n) is 5.05. The van der Waals surface area contributed by atoms with Gasteiger partial charge < -0.3 is 10.6 Å². The fourth-order valence-electron chi connectivity index (χ4n) is 1.31. The Labute approximate surface area is 107 Å². The van der Waals surface area contributed by atoms with Gasteiger partial charge in [0.15, 0.2) is 0 Å². The summed E-state index contributed by atoms with van der Waals surface area (Å²) >= 11 is 1.62. The van der Waals surface area contributed by atoms with Crippen LogP contribution in [0, 0.1) is 6.92 Å². The minimum atomic E-state index is 0.0645. The third-order valence-electron chi connectivity index (χ3n) is 2.14. The molecule has 0 saturated heterocycles. The molecule has 96 valence electrons. The molecule has 0 atom stereocenters. The van der Waals surface area contributed by atoms with Gasteiger partial charge in [0.1, 0.15) is 0 Å². The number of aryl methyl sites for hydroxylation is 1. The van der Waals surface area contributed by atoms with E-state index >= 15 is 0 Å². The molecule has 0 aliphatic rings. The van der Waals surface area contributed by atoms with Crippen LogP contribution in [0.1, 0.15) is 37.1 Å². The van der Waals surface area contributed by atoms with Gasteiger partial charge in [-0.1, -0.05) is 0 Å². The number of nitrogens with zero attached hydrogens (tertiary/aromatic N) is 1. The summed E-state index contributed by atoms with van der Waals surface area (Å²) < 4.78 is 0. The highest BCUT2D eigenvalue weighted by atomic mass is 32.1. The molecule has 1 amide bonds. The van der Waals surface area contributed by atoms with E-state index in [1.807, 2.05) is 13.1 Å². The Morgan fingerprint density at radius 3 is 2.71 bits per heavy atom. The van der Waals surface area contributed by atoms with Gasteiger partial charge in [0, 0.05) is 29.6 Å². The number of aromatic nitrogens is 1. The maximum Gasteiger partial charge on any atom is 0.221 e. The van der Waals surface area contributed by atoms with Crippen LogP contribution in [0.3, 0.4) is 0 Å². The second kappa shape index (κ2) is 6.12. The van der Waals surface area contributed by atoms with E-state index in [9.17, 15) is 4.79 Å². The average molecular weight is 255 g/mol. The van der Waals surface area contributed by atoms with Crippen LogP contribution >= 0.6 is 11.3 Å². The van der Waals surface area contributed by atoms with Crippen LogP contribution in [0.15, 0.2) is 6.20 Å². The van der Waals surface area contributed by atoms with E-state index in [0.29, 0.717) is 19.5 Å². The van der Waals surface area contributed by atoms with Crippen LogP contribution in [0.4, 0.5) is 0 Å². The second-order valence-corrected chi connectivity index (χ2v) is 6.37. The Hall–Kier alpha value is -0.940. The SMILES string of the molecule is Cc1ncc(CNC(=O)CCNC(C)(C)C)s1. The molecule has 1 rings (SSSR count). The molecule has 5 heteroatoms. The Morgan fingerprint density at radius 2 is 2.18 bits per heavy atom. The summed E-state index contributed by atoms with van der Waals surface area (Å²) in [6.07, 6.45) is 2.32. The first-order chi connectivity index (χ1) is 7.87. The first-order valence-corrected chi connectivity index (χ1v) is 6.61. The van der Waals surface area contributed by atoms with Gasteiger partial charge >= 0.3 is 0 Å². The molecule has 0 aromatic carbocycles. The van der Waals surface area contributed by atoms with Gasteiger partial charge in [-0.2, -0.15) is 0 Å². The average Bonchev–Trinajstić information content (AvgIpc) is 2.59. The van der Waals surface area contributed by atoms with Crippen molar-refractivity contribution in [2.24, 2.45) is 0 Å². The van der Waals surface area contributed by atoms with Gasteiger partial charge in [0.05, 0.1) is 11.6 Å². The Bertz CT molecular complexity index is 368. The van der Waals surface area contributed by atoms with Gasteiger partial charge in [-0.3, -0.25) is 4.79 Å². The van der Waals surface area contributed by atoms with Crippen LogP contribution in [0.25, 0.3) is 0 Å². The quantitative estimate of drug-likeness (QED) is 0.844. The van der Waals surface area contributed by atoms with Crippen molar-refractivity contribution in [2.75, 3.05) is 6.54 Å². The summed E-state index contributed by atoms with van der Waals surface area (Å²) in [7, 11) is 0. The lowest BCUT2D eigenvalue weighted by molar-refractivity contribution is -0.121. The zero-order valence-corrected chi connectivity index (χ0v) is 11.8. The number of hydrogen-bond donors (Lipinski definition) is 2. The zero-order valence-electron chi connectivity index (χ0n) is 11.0. The van der Waals surface area contributed by atoms with E-state index < -0.39 is 0 Å². The third kappa shape index (κ3) is 6.38. The van der Waals surface area contributed by atoms with E-state index in [0.717, 1.165) is 9.88 Å². The highest BCUT2D eigenvalue weighted by Gasteiger charge is 2.09. The van der Waals surface area contributed by atoms with Crippen LogP contribution in [-0.4, -0.2) is 23.0 Å². The lowest BCUT2D eigenvalue weighted by Gasteiger charge is -2.20. The third-order valence-corrected chi connectivity index (χ3v) is 3.05. The molecule has 1 aromatic rings. The van der Waals surface area contributed by atoms with Crippen molar-refractivity contribution in [2.45, 2.75) is 46.2 Å². The summed E-state index contributed by atoms with van der Waals surface area (Å²) in [4.78, 5) is 16.8. The topological polar surface area (TPSA) is 54.0 Å². The van der Waals surface area contributed by atoms with Gasteiger partial charge in [0.2, 0.25) is 5.91 Å². The van der Waals surface area contributed by atoms with Crippen LogP contribution in [-0.2, 0) is 11.3 Å². The molecule has 0 saturated carbocycles. The van der Waals surface area contributed by atoms with E-state index in [4.69, 9.17) is 0 Å². The Morgan fingerprint density at radius 1 is 1.47 bits per heavy atom. The Kier molecular flexibility index (Phi) is 5.08. The Balaban J connectivity index is 2.18. The minimum Gasteiger partial charge on any atom is -0.351 e. The van der Waals surface area contributed by atoms with Crippen molar-refractivity contribution in [3.63, 3.8) is 0 Å². The van der Waals surface area contributed by atoms with Crippen molar-refractivity contribution in [1.29, 1.82) is 0 Å². The maximum absolute atomic E-state index is 11.5. The van der Waals surface area contributed by atoms with Crippen molar-refractivity contribution in [1.82, 2.24) is 15.6 Å². The highest BCUT2D eigenvalue weighted by molar-refractivity contribution is 7.11. The fraction of sp³-hybridized carbons (Fsp3) is 0.667. The molecular weight excluding hydrogens is 234 g/mol. The molecule has 0 radical (unpaired) electrons. The molecule has 2 N–H and O–H groups in total. The first-order valence-electron chi connectivity index (χ1n) is 5.80. The summed E-state index contributed by atoms with van der Waals surface area (Å²) in [6, 6.07) is 0. The van der Waals surface area contributed by atoms with Crippen molar-refractivity contribution in [3.8, 4) is 0 Å². The molecular formula is C12H21N3OS. The van der Waals surface area contributed by atoms with Crippen molar-refractivity contribution in [3.05, 3.63) is 16.1 Å². The standard InChI is InChI=1S/C12H21N3OS/c1-9-13-7-10(17-9)8-14-11(16)5-6-15-12(2,3)4/h7,15H,5-6,8H2,1-4H3,(H,14,16). The maximum atomic E-state index is 11.5. The van der Waals surface area contributed by atoms with E-state index in [1.165, 1.54) is 0 Å². The number of carbonyl (C=O) groups is 1. The van der Waals surface area contributed by atoms with Crippen LogP contribution in [0.5, 0.6) is 0 Å². The largest absolute Gasteiger partial charge is 0.351 e. The normalized spacial score (nSPS) is 11.5. The van der Waals surface area contributed by atoms with Gasteiger partial charge in [-0.05, 0) is 27.7 Å². The first kappa shape index (κ1) is 14.1. The van der Waals surface area contributed by atoms with E-state index in [2.05, 4.69) is 36.4 Å². The summed E-state index contributed by atoms with van der Waals surface area (Å²) in [5.41, 5.74) is 0.0645.